The van der Waals surface area contributed by atoms with Gasteiger partial charge in [-0.2, -0.15) is 5.10 Å². The Balaban J connectivity index is 1.56. The first-order chi connectivity index (χ1) is 14.5. The first-order valence-corrected chi connectivity index (χ1v) is 11.2. The molecule has 1 aromatic carbocycles. The maximum absolute atomic E-state index is 12.9. The van der Waals surface area contributed by atoms with Crippen LogP contribution in [0.1, 0.15) is 39.9 Å². The van der Waals surface area contributed by atoms with E-state index in [1.807, 2.05) is 11.4 Å². The van der Waals surface area contributed by atoms with Crippen molar-refractivity contribution in [2.24, 2.45) is 0 Å². The van der Waals surface area contributed by atoms with Gasteiger partial charge in [-0.3, -0.25) is 14.5 Å². The highest BCUT2D eigenvalue weighted by atomic mass is 35.5. The predicted molar refractivity (Wildman–Crippen MR) is 120 cm³/mol. The molecule has 6 nitrogen and oxygen atoms in total. The molecule has 1 unspecified atom stereocenters. The second-order valence-electron chi connectivity index (χ2n) is 7.37. The number of hydrogen-bond acceptors (Lipinski definition) is 5. The van der Waals surface area contributed by atoms with Gasteiger partial charge in [0.2, 0.25) is 5.43 Å². The molecule has 8 heteroatoms. The number of thiophene rings is 1. The van der Waals surface area contributed by atoms with Crippen LogP contribution in [0.15, 0.2) is 52.6 Å². The molecule has 0 radical (unpaired) electrons. The van der Waals surface area contributed by atoms with Crippen LogP contribution in [0.25, 0.3) is 5.69 Å². The van der Waals surface area contributed by atoms with E-state index in [0.29, 0.717) is 17.3 Å². The summed E-state index contributed by atoms with van der Waals surface area (Å²) in [6.45, 7) is 4.26. The van der Waals surface area contributed by atoms with Crippen LogP contribution in [0, 0.1) is 6.92 Å². The van der Waals surface area contributed by atoms with Gasteiger partial charge in [0.1, 0.15) is 0 Å². The third kappa shape index (κ3) is 4.48. The summed E-state index contributed by atoms with van der Waals surface area (Å²) >= 11 is 7.65. The molecular formula is C22H23ClN4O2S. The van der Waals surface area contributed by atoms with E-state index in [0.717, 1.165) is 18.8 Å². The number of nitrogens with one attached hydrogen (secondary N) is 1. The smallest absolute Gasteiger partial charge is 0.275 e. The van der Waals surface area contributed by atoms with Crippen molar-refractivity contribution in [3.63, 3.8) is 0 Å². The van der Waals surface area contributed by atoms with E-state index in [2.05, 4.69) is 21.4 Å². The molecule has 2 aromatic heterocycles. The number of nitrogens with zero attached hydrogens (tertiary/aromatic N) is 3. The molecule has 4 rings (SSSR count). The van der Waals surface area contributed by atoms with Gasteiger partial charge >= 0.3 is 0 Å². The maximum Gasteiger partial charge on any atom is 0.275 e. The monoisotopic (exact) mass is 442 g/mol. The number of rotatable bonds is 6. The number of hydrogen-bond donors (Lipinski definition) is 1. The summed E-state index contributed by atoms with van der Waals surface area (Å²) in [4.78, 5) is 29.0. The summed E-state index contributed by atoms with van der Waals surface area (Å²) in [6, 6.07) is 12.8. The zero-order valence-corrected chi connectivity index (χ0v) is 18.2. The second-order valence-corrected chi connectivity index (χ2v) is 8.79. The van der Waals surface area contributed by atoms with Gasteiger partial charge in [-0.05, 0) is 68.6 Å². The standard InChI is InChI=1S/C22H23ClN4O2S/c1-15-13-19(28)21(25-27(15)17-8-6-16(23)7-9-17)22(29)24-14-18(20-5-4-12-30-20)26-10-2-3-11-26/h4-9,12-13,18H,2-3,10-11,14H2,1H3,(H,24,29). The summed E-state index contributed by atoms with van der Waals surface area (Å²) in [5.74, 6) is -0.455. The van der Waals surface area contributed by atoms with E-state index >= 15 is 0 Å². The van der Waals surface area contributed by atoms with Crippen LogP contribution in [0.5, 0.6) is 0 Å². The fourth-order valence-corrected chi connectivity index (χ4v) is 4.75. The van der Waals surface area contributed by atoms with Gasteiger partial charge in [-0.15, -0.1) is 11.3 Å². The molecule has 0 saturated carbocycles. The Morgan fingerprint density at radius 3 is 2.63 bits per heavy atom. The molecule has 30 heavy (non-hydrogen) atoms. The Bertz CT molecular complexity index is 1070. The molecule has 0 spiro atoms. The Hall–Kier alpha value is -2.48. The molecule has 1 atom stereocenters. The highest BCUT2D eigenvalue weighted by molar-refractivity contribution is 7.10. The highest BCUT2D eigenvalue weighted by Gasteiger charge is 2.25. The highest BCUT2D eigenvalue weighted by Crippen LogP contribution is 2.27. The maximum atomic E-state index is 12.9. The van der Waals surface area contributed by atoms with Crippen LogP contribution in [-0.4, -0.2) is 40.2 Å². The molecule has 3 aromatic rings. The molecule has 3 heterocycles. The van der Waals surface area contributed by atoms with E-state index in [9.17, 15) is 9.59 Å². The molecule has 1 amide bonds. The van der Waals surface area contributed by atoms with E-state index in [-0.39, 0.29) is 17.2 Å². The number of aromatic nitrogens is 2. The van der Waals surface area contributed by atoms with Crippen molar-refractivity contribution in [2.75, 3.05) is 19.6 Å². The van der Waals surface area contributed by atoms with Crippen LogP contribution in [0.3, 0.4) is 0 Å². The van der Waals surface area contributed by atoms with E-state index in [1.165, 1.54) is 23.8 Å². The molecule has 156 valence electrons. The number of aryl methyl sites for hydroxylation is 1. The van der Waals surface area contributed by atoms with E-state index in [4.69, 9.17) is 11.6 Å². The Morgan fingerprint density at radius 2 is 1.97 bits per heavy atom. The average Bonchev–Trinajstić information content (AvgIpc) is 3.44. The Labute approximate surface area is 184 Å². The molecular weight excluding hydrogens is 420 g/mol. The van der Waals surface area contributed by atoms with Gasteiger partial charge < -0.3 is 5.32 Å². The van der Waals surface area contributed by atoms with Crippen LogP contribution in [0.2, 0.25) is 5.02 Å². The van der Waals surface area contributed by atoms with Crippen LogP contribution in [0.4, 0.5) is 0 Å². The minimum absolute atomic E-state index is 0.109. The van der Waals surface area contributed by atoms with Gasteiger partial charge in [0.15, 0.2) is 5.69 Å². The van der Waals surface area contributed by atoms with Gasteiger partial charge in [0, 0.05) is 28.2 Å². The van der Waals surface area contributed by atoms with Crippen molar-refractivity contribution in [1.29, 1.82) is 0 Å². The van der Waals surface area contributed by atoms with Crippen molar-refractivity contribution in [3.05, 3.63) is 79.4 Å². The molecule has 1 aliphatic rings. The fraction of sp³-hybridized carbons (Fsp3) is 0.318. The third-order valence-corrected chi connectivity index (χ3v) is 6.53. The average molecular weight is 443 g/mol. The normalized spacial score (nSPS) is 15.3. The summed E-state index contributed by atoms with van der Waals surface area (Å²) in [7, 11) is 0. The molecule has 1 N–H and O–H groups in total. The summed E-state index contributed by atoms with van der Waals surface area (Å²) in [6.07, 6.45) is 2.34. The second kappa shape index (κ2) is 9.12. The lowest BCUT2D eigenvalue weighted by atomic mass is 10.2. The minimum atomic E-state index is -0.455. The minimum Gasteiger partial charge on any atom is -0.349 e. The number of carbonyl (C=O) groups excluding carboxylic acids is 1. The summed E-state index contributed by atoms with van der Waals surface area (Å²) in [5.41, 5.74) is 0.887. The Kier molecular flexibility index (Phi) is 6.32. The van der Waals surface area contributed by atoms with Crippen molar-refractivity contribution in [3.8, 4) is 5.69 Å². The molecule has 0 bridgehead atoms. The molecule has 0 aliphatic carbocycles. The van der Waals surface area contributed by atoms with Gasteiger partial charge in [-0.25, -0.2) is 4.68 Å². The summed E-state index contributed by atoms with van der Waals surface area (Å²) in [5, 5.41) is 9.95. The topological polar surface area (TPSA) is 67.2 Å². The van der Waals surface area contributed by atoms with E-state index < -0.39 is 5.91 Å². The molecule has 1 aliphatic heterocycles. The predicted octanol–water partition coefficient (Wildman–Crippen LogP) is 3.82. The SMILES string of the molecule is Cc1cc(=O)c(C(=O)NCC(c2cccs2)N2CCCC2)nn1-c1ccc(Cl)cc1. The number of amides is 1. The lowest BCUT2D eigenvalue weighted by molar-refractivity contribution is 0.0930. The van der Waals surface area contributed by atoms with Crippen LogP contribution in [-0.2, 0) is 0 Å². The zero-order chi connectivity index (χ0) is 21.1. The molecule has 1 fully saturated rings. The van der Waals surface area contributed by atoms with Gasteiger partial charge in [0.05, 0.1) is 11.7 Å². The van der Waals surface area contributed by atoms with E-state index in [1.54, 1.807) is 47.2 Å². The number of likely N-dealkylation sites (tertiary alicyclic amines) is 1. The third-order valence-electron chi connectivity index (χ3n) is 5.30. The van der Waals surface area contributed by atoms with Gasteiger partial charge in [0.25, 0.3) is 5.91 Å². The van der Waals surface area contributed by atoms with Crippen LogP contribution >= 0.6 is 22.9 Å². The summed E-state index contributed by atoms with van der Waals surface area (Å²) < 4.78 is 1.59. The van der Waals surface area contributed by atoms with Crippen molar-refractivity contribution in [1.82, 2.24) is 20.0 Å². The van der Waals surface area contributed by atoms with Crippen molar-refractivity contribution in [2.45, 2.75) is 25.8 Å². The van der Waals surface area contributed by atoms with Crippen LogP contribution < -0.4 is 10.7 Å². The lowest BCUT2D eigenvalue weighted by Crippen LogP contribution is -2.38. The quantitative estimate of drug-likeness (QED) is 0.630. The van der Waals surface area contributed by atoms with Crippen molar-refractivity contribution < 1.29 is 4.79 Å². The lowest BCUT2D eigenvalue weighted by Gasteiger charge is -2.26. The first kappa shape index (κ1) is 20.8. The largest absolute Gasteiger partial charge is 0.349 e. The van der Waals surface area contributed by atoms with Gasteiger partial charge in [-0.1, -0.05) is 17.7 Å². The number of benzene rings is 1. The number of halogens is 1. The first-order valence-electron chi connectivity index (χ1n) is 9.95. The number of carbonyl (C=O) groups is 1. The zero-order valence-electron chi connectivity index (χ0n) is 16.7. The van der Waals surface area contributed by atoms with Crippen molar-refractivity contribution >= 4 is 28.8 Å². The fourth-order valence-electron chi connectivity index (χ4n) is 3.77. The Morgan fingerprint density at radius 1 is 1.23 bits per heavy atom. The molecule has 1 saturated heterocycles.